The van der Waals surface area contributed by atoms with Crippen LogP contribution in [0.5, 0.6) is 0 Å². The minimum atomic E-state index is -4.72. The maximum atomic E-state index is 13.6. The molecule has 0 unspecified atom stereocenters. The van der Waals surface area contributed by atoms with E-state index >= 15 is 0 Å². The van der Waals surface area contributed by atoms with E-state index in [2.05, 4.69) is 15.4 Å². The fraction of sp³-hybridized carbons (Fsp3) is 0.176. The summed E-state index contributed by atoms with van der Waals surface area (Å²) in [6.07, 6.45) is -4.72. The summed E-state index contributed by atoms with van der Waals surface area (Å²) in [5.41, 5.74) is 4.89. The van der Waals surface area contributed by atoms with Crippen molar-refractivity contribution in [3.63, 3.8) is 0 Å². The number of anilines is 1. The van der Waals surface area contributed by atoms with E-state index in [0.29, 0.717) is 5.56 Å². The van der Waals surface area contributed by atoms with Crippen LogP contribution in [-0.4, -0.2) is 38.3 Å². The summed E-state index contributed by atoms with van der Waals surface area (Å²) in [4.78, 5) is 26.6. The van der Waals surface area contributed by atoms with E-state index in [1.165, 1.54) is 0 Å². The second-order valence-corrected chi connectivity index (χ2v) is 5.83. The Kier molecular flexibility index (Phi) is 4.91. The van der Waals surface area contributed by atoms with Crippen molar-refractivity contribution in [2.24, 2.45) is 0 Å². The maximum absolute atomic E-state index is 13.6. The second-order valence-electron chi connectivity index (χ2n) is 5.83. The highest BCUT2D eigenvalue weighted by atomic mass is 19.4. The Balaban J connectivity index is 2.14. The predicted molar refractivity (Wildman–Crippen MR) is 93.0 cm³/mol. The van der Waals surface area contributed by atoms with Gasteiger partial charge in [0.05, 0.1) is 16.6 Å². The zero-order valence-corrected chi connectivity index (χ0v) is 14.2. The molecular weight excluding hydrogens is 379 g/mol. The Hall–Kier alpha value is -3.63. The number of carbonyl (C=O) groups excluding carboxylic acids is 1. The monoisotopic (exact) mass is 393 g/mol. The lowest BCUT2D eigenvalue weighted by Gasteiger charge is -2.11. The van der Waals surface area contributed by atoms with Crippen LogP contribution in [0.3, 0.4) is 0 Å². The number of hydrogen-bond acceptors (Lipinski definition) is 5. The van der Waals surface area contributed by atoms with Gasteiger partial charge in [0.1, 0.15) is 13.1 Å². The number of alkyl halides is 3. The minimum Gasteiger partial charge on any atom is -0.480 e. The predicted octanol–water partition coefficient (Wildman–Crippen LogP) is 1.90. The fourth-order valence-electron chi connectivity index (χ4n) is 2.66. The number of carbonyl (C=O) groups is 2. The molecule has 3 aromatic rings. The van der Waals surface area contributed by atoms with E-state index in [-0.39, 0.29) is 11.3 Å². The summed E-state index contributed by atoms with van der Waals surface area (Å²) in [5, 5.41) is 14.1. The third-order valence-electron chi connectivity index (χ3n) is 3.83. The summed E-state index contributed by atoms with van der Waals surface area (Å²) in [5.74, 6) is -2.45. The van der Waals surface area contributed by atoms with Crippen LogP contribution in [0.2, 0.25) is 0 Å². The molecule has 0 bridgehead atoms. The summed E-state index contributed by atoms with van der Waals surface area (Å²) >= 11 is 0. The Labute approximate surface area is 155 Å². The second kappa shape index (κ2) is 7.18. The molecule has 0 fully saturated rings. The number of carboxylic acid groups (broad SMARTS) is 1. The maximum Gasteiger partial charge on any atom is 0.417 e. The number of aliphatic carboxylic acids is 1. The number of rotatable bonds is 5. The molecule has 146 valence electrons. The van der Waals surface area contributed by atoms with Crippen molar-refractivity contribution in [3.05, 3.63) is 42.0 Å². The van der Waals surface area contributed by atoms with Crippen molar-refractivity contribution in [1.82, 2.24) is 20.1 Å². The van der Waals surface area contributed by atoms with Gasteiger partial charge in [-0.05, 0) is 6.07 Å². The van der Waals surface area contributed by atoms with Gasteiger partial charge >= 0.3 is 12.1 Å². The molecule has 4 N–H and O–H groups in total. The number of nitrogens with zero attached hydrogens (tertiary/aromatic N) is 3. The molecule has 0 aliphatic carbocycles. The molecule has 0 saturated carbocycles. The molecule has 0 spiro atoms. The van der Waals surface area contributed by atoms with Crippen molar-refractivity contribution in [3.8, 4) is 11.3 Å². The van der Waals surface area contributed by atoms with E-state index in [4.69, 9.17) is 10.8 Å². The molecule has 0 saturated heterocycles. The first-order valence-electron chi connectivity index (χ1n) is 7.95. The van der Waals surface area contributed by atoms with E-state index in [1.54, 1.807) is 30.3 Å². The zero-order valence-electron chi connectivity index (χ0n) is 14.2. The number of aromatic nitrogens is 3. The van der Waals surface area contributed by atoms with Gasteiger partial charge in [-0.2, -0.15) is 18.3 Å². The molecule has 0 aliphatic heterocycles. The van der Waals surface area contributed by atoms with Crippen LogP contribution in [0.15, 0.2) is 36.4 Å². The van der Waals surface area contributed by atoms with Gasteiger partial charge < -0.3 is 16.2 Å². The zero-order chi connectivity index (χ0) is 20.5. The number of pyridine rings is 1. The molecule has 0 aliphatic rings. The molecule has 28 heavy (non-hydrogen) atoms. The van der Waals surface area contributed by atoms with Crippen molar-refractivity contribution in [2.75, 3.05) is 12.3 Å². The Morgan fingerprint density at radius 2 is 1.89 bits per heavy atom. The summed E-state index contributed by atoms with van der Waals surface area (Å²) < 4.78 is 41.8. The first kappa shape index (κ1) is 19.1. The molecule has 1 amide bonds. The number of amides is 1. The van der Waals surface area contributed by atoms with Crippen molar-refractivity contribution in [1.29, 1.82) is 0 Å². The normalized spacial score (nSPS) is 11.5. The molecule has 11 heteroatoms. The number of hydrogen-bond donors (Lipinski definition) is 3. The van der Waals surface area contributed by atoms with Gasteiger partial charge in [0.15, 0.2) is 11.5 Å². The minimum absolute atomic E-state index is 0.0347. The highest BCUT2D eigenvalue weighted by Gasteiger charge is 2.36. The summed E-state index contributed by atoms with van der Waals surface area (Å²) in [6, 6.07) is 9.08. The SMILES string of the molecule is Nc1nn(CC(=O)NCC(=O)O)c2nc(-c3ccccc3)cc(C(F)(F)F)c12. The van der Waals surface area contributed by atoms with Crippen LogP contribution in [0, 0.1) is 0 Å². The lowest BCUT2D eigenvalue weighted by atomic mass is 10.1. The van der Waals surface area contributed by atoms with Crippen LogP contribution in [0.4, 0.5) is 19.0 Å². The third kappa shape index (κ3) is 3.87. The van der Waals surface area contributed by atoms with Crippen LogP contribution < -0.4 is 11.1 Å². The highest BCUT2D eigenvalue weighted by molar-refractivity contribution is 5.93. The van der Waals surface area contributed by atoms with E-state index < -0.39 is 47.9 Å². The number of nitrogen functional groups attached to an aromatic ring is 1. The number of nitrogens with one attached hydrogen (secondary N) is 1. The average molecular weight is 393 g/mol. The van der Waals surface area contributed by atoms with E-state index in [9.17, 15) is 22.8 Å². The topological polar surface area (TPSA) is 123 Å². The quantitative estimate of drug-likeness (QED) is 0.608. The van der Waals surface area contributed by atoms with Crippen LogP contribution >= 0.6 is 0 Å². The number of carboxylic acids is 1. The highest BCUT2D eigenvalue weighted by Crippen LogP contribution is 2.38. The van der Waals surface area contributed by atoms with Gasteiger partial charge in [0.25, 0.3) is 0 Å². The van der Waals surface area contributed by atoms with Crippen molar-refractivity contribution >= 4 is 28.7 Å². The molecule has 2 aromatic heterocycles. The summed E-state index contributed by atoms with van der Waals surface area (Å²) in [6.45, 7) is -1.17. The first-order valence-corrected chi connectivity index (χ1v) is 7.95. The molecule has 2 heterocycles. The summed E-state index contributed by atoms with van der Waals surface area (Å²) in [7, 11) is 0. The largest absolute Gasteiger partial charge is 0.480 e. The van der Waals surface area contributed by atoms with Gasteiger partial charge in [-0.3, -0.25) is 9.59 Å². The lowest BCUT2D eigenvalue weighted by molar-refractivity contribution is -0.138. The number of halogens is 3. The molecule has 0 radical (unpaired) electrons. The lowest BCUT2D eigenvalue weighted by Crippen LogP contribution is -2.32. The van der Waals surface area contributed by atoms with Gasteiger partial charge in [0, 0.05) is 5.56 Å². The van der Waals surface area contributed by atoms with Gasteiger partial charge in [-0.1, -0.05) is 30.3 Å². The number of benzene rings is 1. The Morgan fingerprint density at radius 1 is 1.21 bits per heavy atom. The molecule has 0 atom stereocenters. The Bertz CT molecular complexity index is 1050. The number of fused-ring (bicyclic) bond motifs is 1. The van der Waals surface area contributed by atoms with Gasteiger partial charge in [-0.15, -0.1) is 0 Å². The number of nitrogens with two attached hydrogens (primary N) is 1. The smallest absolute Gasteiger partial charge is 0.417 e. The van der Waals surface area contributed by atoms with E-state index in [1.807, 2.05) is 0 Å². The first-order chi connectivity index (χ1) is 13.2. The van der Waals surface area contributed by atoms with Gasteiger partial charge in [-0.25, -0.2) is 9.67 Å². The van der Waals surface area contributed by atoms with Crippen molar-refractivity contribution in [2.45, 2.75) is 12.7 Å². The van der Waals surface area contributed by atoms with Crippen LogP contribution in [-0.2, 0) is 22.3 Å². The third-order valence-corrected chi connectivity index (χ3v) is 3.83. The van der Waals surface area contributed by atoms with Gasteiger partial charge in [0.2, 0.25) is 5.91 Å². The molecule has 8 nitrogen and oxygen atoms in total. The van der Waals surface area contributed by atoms with Crippen LogP contribution in [0.1, 0.15) is 5.56 Å². The van der Waals surface area contributed by atoms with E-state index in [0.717, 1.165) is 10.7 Å². The molecule has 3 rings (SSSR count). The molecular formula is C17H14F3N5O3. The molecule has 1 aromatic carbocycles. The standard InChI is InChI=1S/C17H14F3N5O3/c18-17(19,20)10-6-11(9-4-2-1-3-5-9)23-16-14(10)15(21)24-25(16)8-12(26)22-7-13(27)28/h1-6H,7-8H2,(H2,21,24)(H,22,26)(H,27,28). The van der Waals surface area contributed by atoms with Crippen molar-refractivity contribution < 1.29 is 27.9 Å². The Morgan fingerprint density at radius 3 is 2.50 bits per heavy atom. The average Bonchev–Trinajstić information content (AvgIpc) is 2.95. The fourth-order valence-corrected chi connectivity index (χ4v) is 2.66. The van der Waals surface area contributed by atoms with Crippen LogP contribution in [0.25, 0.3) is 22.3 Å².